The van der Waals surface area contributed by atoms with Crippen LogP contribution >= 0.6 is 0 Å². The first-order chi connectivity index (χ1) is 4.89. The van der Waals surface area contributed by atoms with Gasteiger partial charge in [-0.15, -0.1) is 0 Å². The summed E-state index contributed by atoms with van der Waals surface area (Å²) < 4.78 is 0. The minimum Gasteiger partial charge on any atom is -0.315 e. The molecule has 1 unspecified atom stereocenters. The Morgan fingerprint density at radius 2 is 2.00 bits per heavy atom. The van der Waals surface area contributed by atoms with E-state index in [1.165, 1.54) is 6.42 Å². The minimum absolute atomic E-state index is 0.589. The van der Waals surface area contributed by atoms with Crippen molar-refractivity contribution >= 4 is 0 Å². The summed E-state index contributed by atoms with van der Waals surface area (Å²) >= 11 is 0. The second kappa shape index (κ2) is 4.66. The van der Waals surface area contributed by atoms with Crippen LogP contribution in [0.4, 0.5) is 0 Å². The maximum Gasteiger partial charge on any atom is 0.0456 e. The van der Waals surface area contributed by atoms with Crippen molar-refractivity contribution in [1.82, 2.24) is 16.0 Å². The Morgan fingerprint density at radius 1 is 1.20 bits per heavy atom. The Morgan fingerprint density at radius 3 is 2.90 bits per heavy atom. The third-order valence-electron chi connectivity index (χ3n) is 1.73. The second-order valence-corrected chi connectivity index (χ2v) is 2.84. The van der Waals surface area contributed by atoms with E-state index < -0.39 is 0 Å². The quantitative estimate of drug-likeness (QED) is 0.428. The highest BCUT2D eigenvalue weighted by Gasteiger charge is 2.00. The summed E-state index contributed by atoms with van der Waals surface area (Å²) in [5.74, 6) is 0. The normalized spacial score (nSPS) is 30.3. The first kappa shape index (κ1) is 7.98. The van der Waals surface area contributed by atoms with Crippen molar-refractivity contribution in [2.45, 2.75) is 19.4 Å². The molecule has 1 aliphatic rings. The lowest BCUT2D eigenvalue weighted by atomic mass is 10.3. The predicted octanol–water partition coefficient (Wildman–Crippen LogP) is -0.495. The molecule has 0 amide bonds. The number of rotatable bonds is 0. The number of hydrogen-bond acceptors (Lipinski definition) is 3. The van der Waals surface area contributed by atoms with Gasteiger partial charge in [-0.25, -0.2) is 0 Å². The van der Waals surface area contributed by atoms with Gasteiger partial charge >= 0.3 is 0 Å². The van der Waals surface area contributed by atoms with Gasteiger partial charge in [-0.05, 0) is 26.4 Å². The summed E-state index contributed by atoms with van der Waals surface area (Å²) in [6.07, 6.45) is 1.23. The molecule has 60 valence electrons. The molecular weight excluding hydrogens is 126 g/mol. The van der Waals surface area contributed by atoms with Crippen LogP contribution in [0.15, 0.2) is 0 Å². The van der Waals surface area contributed by atoms with Crippen molar-refractivity contribution in [2.75, 3.05) is 26.3 Å². The highest BCUT2D eigenvalue weighted by atomic mass is 15.1. The molecule has 0 saturated carbocycles. The van der Waals surface area contributed by atoms with E-state index in [0.29, 0.717) is 6.04 Å². The SMILES string of the molecule is CC1CNCCCNCN1. The monoisotopic (exact) mass is 143 g/mol. The maximum atomic E-state index is 3.37. The first-order valence-corrected chi connectivity index (χ1v) is 4.04. The Bertz CT molecular complexity index is 74.9. The van der Waals surface area contributed by atoms with E-state index >= 15 is 0 Å². The van der Waals surface area contributed by atoms with E-state index in [0.717, 1.165) is 26.3 Å². The minimum atomic E-state index is 0.589. The zero-order chi connectivity index (χ0) is 7.23. The molecule has 3 N–H and O–H groups in total. The van der Waals surface area contributed by atoms with E-state index in [1.807, 2.05) is 0 Å². The van der Waals surface area contributed by atoms with Crippen LogP contribution in [0.3, 0.4) is 0 Å². The van der Waals surface area contributed by atoms with Crippen molar-refractivity contribution in [1.29, 1.82) is 0 Å². The summed E-state index contributed by atoms with van der Waals surface area (Å²) in [5.41, 5.74) is 0. The first-order valence-electron chi connectivity index (χ1n) is 4.04. The molecule has 3 nitrogen and oxygen atoms in total. The van der Waals surface area contributed by atoms with E-state index in [9.17, 15) is 0 Å². The molecule has 0 radical (unpaired) electrons. The van der Waals surface area contributed by atoms with Gasteiger partial charge in [-0.1, -0.05) is 0 Å². The largest absolute Gasteiger partial charge is 0.315 e. The van der Waals surface area contributed by atoms with Crippen LogP contribution in [0.1, 0.15) is 13.3 Å². The van der Waals surface area contributed by atoms with Crippen LogP contribution in [0, 0.1) is 0 Å². The lowest BCUT2D eigenvalue weighted by Gasteiger charge is -2.11. The van der Waals surface area contributed by atoms with Gasteiger partial charge in [0.25, 0.3) is 0 Å². The molecule has 1 rings (SSSR count). The van der Waals surface area contributed by atoms with Crippen molar-refractivity contribution in [2.24, 2.45) is 0 Å². The second-order valence-electron chi connectivity index (χ2n) is 2.84. The van der Waals surface area contributed by atoms with E-state index in [1.54, 1.807) is 0 Å². The van der Waals surface area contributed by atoms with Crippen LogP contribution in [0.5, 0.6) is 0 Å². The van der Waals surface area contributed by atoms with Crippen LogP contribution in [-0.2, 0) is 0 Å². The van der Waals surface area contributed by atoms with Crippen LogP contribution in [-0.4, -0.2) is 32.3 Å². The van der Waals surface area contributed by atoms with E-state index in [-0.39, 0.29) is 0 Å². The van der Waals surface area contributed by atoms with Crippen molar-refractivity contribution in [3.63, 3.8) is 0 Å². The third-order valence-corrected chi connectivity index (χ3v) is 1.73. The van der Waals surface area contributed by atoms with Gasteiger partial charge in [0, 0.05) is 19.3 Å². The predicted molar refractivity (Wildman–Crippen MR) is 43.0 cm³/mol. The van der Waals surface area contributed by atoms with Crippen molar-refractivity contribution in [3.8, 4) is 0 Å². The molecule has 0 bridgehead atoms. The van der Waals surface area contributed by atoms with Gasteiger partial charge < -0.3 is 16.0 Å². The molecule has 1 fully saturated rings. The van der Waals surface area contributed by atoms with Gasteiger partial charge in [0.2, 0.25) is 0 Å². The van der Waals surface area contributed by atoms with E-state index in [4.69, 9.17) is 0 Å². The van der Waals surface area contributed by atoms with Crippen LogP contribution in [0.25, 0.3) is 0 Å². The van der Waals surface area contributed by atoms with Gasteiger partial charge in [0.1, 0.15) is 0 Å². The molecule has 10 heavy (non-hydrogen) atoms. The molecule has 1 saturated heterocycles. The Labute approximate surface area is 62.6 Å². The maximum absolute atomic E-state index is 3.37. The summed E-state index contributed by atoms with van der Waals surface area (Å²) in [6, 6.07) is 0.589. The number of hydrogen-bond donors (Lipinski definition) is 3. The third kappa shape index (κ3) is 3.15. The molecule has 0 aromatic heterocycles. The zero-order valence-electron chi connectivity index (χ0n) is 6.61. The molecule has 0 aromatic rings. The van der Waals surface area contributed by atoms with Crippen LogP contribution < -0.4 is 16.0 Å². The van der Waals surface area contributed by atoms with Crippen molar-refractivity contribution < 1.29 is 0 Å². The van der Waals surface area contributed by atoms with Gasteiger partial charge in [-0.3, -0.25) is 0 Å². The lowest BCUT2D eigenvalue weighted by molar-refractivity contribution is 0.505. The molecule has 0 spiro atoms. The smallest absolute Gasteiger partial charge is 0.0456 e. The fourth-order valence-corrected chi connectivity index (χ4v) is 1.06. The summed E-state index contributed by atoms with van der Waals surface area (Å²) in [4.78, 5) is 0. The fraction of sp³-hybridized carbons (Fsp3) is 1.00. The molecule has 0 aliphatic carbocycles. The molecular formula is C7H17N3. The molecule has 1 heterocycles. The zero-order valence-corrected chi connectivity index (χ0v) is 6.61. The highest BCUT2D eigenvalue weighted by molar-refractivity contribution is 4.65. The fourth-order valence-electron chi connectivity index (χ4n) is 1.06. The highest BCUT2D eigenvalue weighted by Crippen LogP contribution is 1.81. The molecule has 0 aromatic carbocycles. The average Bonchev–Trinajstić information content (AvgIpc) is 2.02. The van der Waals surface area contributed by atoms with E-state index in [2.05, 4.69) is 22.9 Å². The molecule has 1 atom stereocenters. The van der Waals surface area contributed by atoms with Crippen molar-refractivity contribution in [3.05, 3.63) is 0 Å². The van der Waals surface area contributed by atoms with Gasteiger partial charge in [0.15, 0.2) is 0 Å². The summed E-state index contributed by atoms with van der Waals surface area (Å²) in [7, 11) is 0. The Balaban J connectivity index is 2.15. The Kier molecular flexibility index (Phi) is 3.72. The summed E-state index contributed by atoms with van der Waals surface area (Å²) in [6.45, 7) is 6.48. The lowest BCUT2D eigenvalue weighted by Crippen LogP contribution is -2.39. The van der Waals surface area contributed by atoms with Gasteiger partial charge in [-0.2, -0.15) is 0 Å². The van der Waals surface area contributed by atoms with Crippen LogP contribution in [0.2, 0.25) is 0 Å². The van der Waals surface area contributed by atoms with Gasteiger partial charge in [0.05, 0.1) is 0 Å². The standard InChI is InChI=1S/C7H17N3/c1-7-5-8-3-2-4-9-6-10-7/h7-10H,2-6H2,1H3. The molecule has 1 aliphatic heterocycles. The summed E-state index contributed by atoms with van der Waals surface area (Å²) in [5, 5.41) is 10.0. The average molecular weight is 143 g/mol. The molecule has 3 heteroatoms. The topological polar surface area (TPSA) is 36.1 Å². The number of nitrogens with one attached hydrogen (secondary N) is 3. The Hall–Kier alpha value is -0.120.